The Balaban J connectivity index is 2.45. The second kappa shape index (κ2) is 7.94. The van der Waals surface area contributed by atoms with Crippen LogP contribution in [0.3, 0.4) is 0 Å². The molecule has 1 aromatic rings. The molecule has 0 bridgehead atoms. The molecule has 0 unspecified atom stereocenters. The van der Waals surface area contributed by atoms with Crippen LogP contribution in [0.1, 0.15) is 39.5 Å². The molecular weight excluding hydrogens is 330 g/mol. The highest BCUT2D eigenvalue weighted by Gasteiger charge is 2.27. The fraction of sp³-hybridized carbons (Fsp3) is 0.625. The van der Waals surface area contributed by atoms with Gasteiger partial charge in [-0.05, 0) is 25.0 Å². The van der Waals surface area contributed by atoms with Crippen LogP contribution in [0.2, 0.25) is 0 Å². The zero-order valence-corrected chi connectivity index (χ0v) is 15.1. The average Bonchev–Trinajstić information content (AvgIpc) is 2.84. The van der Waals surface area contributed by atoms with Crippen LogP contribution >= 0.6 is 0 Å². The molecule has 0 aromatic heterocycles. The highest BCUT2D eigenvalue weighted by atomic mass is 32.2. The molecule has 1 aliphatic heterocycles. The Hall–Kier alpha value is -1.67. The van der Waals surface area contributed by atoms with E-state index in [4.69, 9.17) is 0 Å². The lowest BCUT2D eigenvalue weighted by molar-refractivity contribution is -0.384. The molecule has 1 fully saturated rings. The summed E-state index contributed by atoms with van der Waals surface area (Å²) in [6, 6.07) is 4.27. The number of hydrogen-bond donors (Lipinski definition) is 0. The summed E-state index contributed by atoms with van der Waals surface area (Å²) >= 11 is 0. The monoisotopic (exact) mass is 355 g/mol. The van der Waals surface area contributed by atoms with Gasteiger partial charge in [-0.2, -0.15) is 4.31 Å². The molecule has 1 saturated heterocycles. The highest BCUT2D eigenvalue weighted by Crippen LogP contribution is 2.33. The van der Waals surface area contributed by atoms with Crippen molar-refractivity contribution in [1.29, 1.82) is 0 Å². The zero-order valence-electron chi connectivity index (χ0n) is 14.3. The minimum absolute atomic E-state index is 0.0172. The summed E-state index contributed by atoms with van der Waals surface area (Å²) in [4.78, 5) is 13.0. The normalized spacial score (nSPS) is 16.2. The average molecular weight is 355 g/mol. The first-order chi connectivity index (χ1) is 11.4. The fourth-order valence-corrected chi connectivity index (χ4v) is 4.58. The van der Waals surface area contributed by atoms with E-state index in [9.17, 15) is 18.5 Å². The zero-order chi connectivity index (χ0) is 17.7. The number of nitro groups is 1. The second-order valence-corrected chi connectivity index (χ2v) is 7.84. The van der Waals surface area contributed by atoms with Gasteiger partial charge < -0.3 is 4.90 Å². The standard InChI is InChI=1S/C16H25N3O4S/c1-3-18(4-2)24(22,23)14-9-10-15(16(13-14)19(20)21)17-11-7-5-6-8-12-17/h9-10,13H,3-8,11-12H2,1-2H3. The lowest BCUT2D eigenvalue weighted by Gasteiger charge is -2.23. The molecule has 0 N–H and O–H groups in total. The van der Waals surface area contributed by atoms with Crippen LogP contribution < -0.4 is 4.90 Å². The maximum absolute atomic E-state index is 12.6. The first-order valence-electron chi connectivity index (χ1n) is 8.45. The largest absolute Gasteiger partial charge is 0.366 e. The summed E-state index contributed by atoms with van der Waals surface area (Å²) in [5.74, 6) is 0. The topological polar surface area (TPSA) is 83.8 Å². The third-order valence-electron chi connectivity index (χ3n) is 4.43. The van der Waals surface area contributed by atoms with Crippen LogP contribution in [0.15, 0.2) is 23.1 Å². The Bertz CT molecular complexity index is 679. The molecule has 7 nitrogen and oxygen atoms in total. The van der Waals surface area contributed by atoms with E-state index in [0.717, 1.165) is 38.8 Å². The quantitative estimate of drug-likeness (QED) is 0.578. The van der Waals surface area contributed by atoms with Crippen molar-refractivity contribution in [2.45, 2.75) is 44.4 Å². The number of rotatable bonds is 6. The Labute approximate surface area is 143 Å². The summed E-state index contributed by atoms with van der Waals surface area (Å²) < 4.78 is 26.5. The van der Waals surface area contributed by atoms with Gasteiger partial charge in [-0.15, -0.1) is 0 Å². The molecule has 0 radical (unpaired) electrons. The number of hydrogen-bond acceptors (Lipinski definition) is 5. The number of sulfonamides is 1. The first kappa shape index (κ1) is 18.7. The molecule has 0 aliphatic carbocycles. The molecule has 0 amide bonds. The number of nitro benzene ring substituents is 1. The smallest absolute Gasteiger partial charge is 0.293 e. The van der Waals surface area contributed by atoms with Crippen molar-refractivity contribution >= 4 is 21.4 Å². The van der Waals surface area contributed by atoms with Crippen molar-refractivity contribution < 1.29 is 13.3 Å². The molecule has 0 saturated carbocycles. The van der Waals surface area contributed by atoms with Gasteiger partial charge >= 0.3 is 0 Å². The van der Waals surface area contributed by atoms with Gasteiger partial charge in [-0.25, -0.2) is 8.42 Å². The van der Waals surface area contributed by atoms with E-state index in [1.54, 1.807) is 19.9 Å². The molecule has 134 valence electrons. The third kappa shape index (κ3) is 3.87. The first-order valence-corrected chi connectivity index (χ1v) is 9.89. The minimum atomic E-state index is -3.70. The van der Waals surface area contributed by atoms with Gasteiger partial charge in [0, 0.05) is 32.2 Å². The van der Waals surface area contributed by atoms with Gasteiger partial charge in [0.2, 0.25) is 10.0 Å². The van der Waals surface area contributed by atoms with E-state index in [0.29, 0.717) is 18.8 Å². The Kier molecular flexibility index (Phi) is 6.17. The summed E-state index contributed by atoms with van der Waals surface area (Å²) in [6.07, 6.45) is 4.24. The third-order valence-corrected chi connectivity index (χ3v) is 6.48. The Morgan fingerprint density at radius 2 is 1.71 bits per heavy atom. The lowest BCUT2D eigenvalue weighted by atomic mass is 10.2. The van der Waals surface area contributed by atoms with Gasteiger partial charge in [-0.3, -0.25) is 10.1 Å². The van der Waals surface area contributed by atoms with Crippen LogP contribution in [0.25, 0.3) is 0 Å². The molecule has 1 heterocycles. The lowest BCUT2D eigenvalue weighted by Crippen LogP contribution is -2.31. The van der Waals surface area contributed by atoms with Gasteiger partial charge in [0.1, 0.15) is 5.69 Å². The van der Waals surface area contributed by atoms with Gasteiger partial charge in [-0.1, -0.05) is 26.7 Å². The number of benzene rings is 1. The van der Waals surface area contributed by atoms with E-state index in [1.807, 2.05) is 4.90 Å². The van der Waals surface area contributed by atoms with Crippen LogP contribution in [0.4, 0.5) is 11.4 Å². The molecule has 1 aliphatic rings. The van der Waals surface area contributed by atoms with Crippen molar-refractivity contribution in [2.24, 2.45) is 0 Å². The summed E-state index contributed by atoms with van der Waals surface area (Å²) in [5, 5.41) is 11.5. The van der Waals surface area contributed by atoms with E-state index < -0.39 is 14.9 Å². The molecular formula is C16H25N3O4S. The van der Waals surface area contributed by atoms with Crippen LogP contribution in [-0.4, -0.2) is 43.8 Å². The van der Waals surface area contributed by atoms with Crippen LogP contribution in [0.5, 0.6) is 0 Å². The van der Waals surface area contributed by atoms with E-state index in [1.165, 1.54) is 16.4 Å². The Morgan fingerprint density at radius 3 is 2.21 bits per heavy atom. The molecule has 0 atom stereocenters. The second-order valence-electron chi connectivity index (χ2n) is 5.90. The predicted molar refractivity (Wildman–Crippen MR) is 93.9 cm³/mol. The van der Waals surface area contributed by atoms with Crippen LogP contribution in [-0.2, 0) is 10.0 Å². The maximum Gasteiger partial charge on any atom is 0.293 e. The van der Waals surface area contributed by atoms with Crippen molar-refractivity contribution in [2.75, 3.05) is 31.1 Å². The van der Waals surface area contributed by atoms with Gasteiger partial charge in [0.25, 0.3) is 5.69 Å². The predicted octanol–water partition coefficient (Wildman–Crippen LogP) is 3.01. The van der Waals surface area contributed by atoms with E-state index in [2.05, 4.69) is 0 Å². The summed E-state index contributed by atoms with van der Waals surface area (Å²) in [6.45, 7) is 5.70. The molecule has 8 heteroatoms. The SMILES string of the molecule is CCN(CC)S(=O)(=O)c1ccc(N2CCCCCC2)c([N+](=O)[O-])c1. The van der Waals surface area contributed by atoms with E-state index in [-0.39, 0.29) is 10.6 Å². The minimum Gasteiger partial charge on any atom is -0.366 e. The molecule has 1 aromatic carbocycles. The molecule has 0 spiro atoms. The summed E-state index contributed by atoms with van der Waals surface area (Å²) in [7, 11) is -3.70. The molecule has 2 rings (SSSR count). The van der Waals surface area contributed by atoms with Crippen molar-refractivity contribution in [3.05, 3.63) is 28.3 Å². The van der Waals surface area contributed by atoms with Crippen LogP contribution in [0, 0.1) is 10.1 Å². The fourth-order valence-electron chi connectivity index (χ4n) is 3.10. The Morgan fingerprint density at radius 1 is 1.12 bits per heavy atom. The van der Waals surface area contributed by atoms with Gasteiger partial charge in [0.15, 0.2) is 0 Å². The summed E-state index contributed by atoms with van der Waals surface area (Å²) in [5.41, 5.74) is 0.380. The number of anilines is 1. The van der Waals surface area contributed by atoms with Crippen molar-refractivity contribution in [3.63, 3.8) is 0 Å². The van der Waals surface area contributed by atoms with E-state index >= 15 is 0 Å². The van der Waals surface area contributed by atoms with Crippen molar-refractivity contribution in [3.8, 4) is 0 Å². The van der Waals surface area contributed by atoms with Crippen molar-refractivity contribution in [1.82, 2.24) is 4.31 Å². The molecule has 24 heavy (non-hydrogen) atoms. The van der Waals surface area contributed by atoms with Gasteiger partial charge in [0.05, 0.1) is 9.82 Å². The maximum atomic E-state index is 12.6. The number of nitrogens with zero attached hydrogens (tertiary/aromatic N) is 3. The highest BCUT2D eigenvalue weighted by molar-refractivity contribution is 7.89.